The molecule has 0 spiro atoms. The maximum atomic E-state index is 2.39. The number of hydrogen-bond acceptors (Lipinski definition) is 0. The van der Waals surface area contributed by atoms with Gasteiger partial charge in [-0.1, -0.05) is 60.9 Å². The van der Waals surface area contributed by atoms with Crippen LogP contribution in [0.3, 0.4) is 0 Å². The third kappa shape index (κ3) is 13.2. The maximum absolute atomic E-state index is 2.39. The van der Waals surface area contributed by atoms with E-state index < -0.39 is 0 Å². The van der Waals surface area contributed by atoms with Gasteiger partial charge in [-0.25, -0.2) is 0 Å². The van der Waals surface area contributed by atoms with E-state index in [1.807, 2.05) is 0 Å². The predicted molar refractivity (Wildman–Crippen MR) is 89.4 cm³/mol. The first kappa shape index (κ1) is 18.0. The van der Waals surface area contributed by atoms with E-state index in [1.165, 1.54) is 42.4 Å². The van der Waals surface area contributed by atoms with Crippen LogP contribution < -0.4 is 0 Å². The number of hydrogen-bond donors (Lipinski definition) is 0. The fourth-order valence-electron chi connectivity index (χ4n) is 1.76. The van der Waals surface area contributed by atoms with Crippen LogP contribution in [-0.2, 0) is 0 Å². The van der Waals surface area contributed by atoms with Gasteiger partial charge in [-0.3, -0.25) is 0 Å². The van der Waals surface area contributed by atoms with Gasteiger partial charge in [0.2, 0.25) is 0 Å². The molecule has 0 bridgehead atoms. The molecule has 0 aromatic carbocycles. The number of rotatable bonds is 8. The van der Waals surface area contributed by atoms with Crippen molar-refractivity contribution in [2.45, 2.75) is 67.2 Å². The summed E-state index contributed by atoms with van der Waals surface area (Å²) in [5, 5.41) is 0. The Kier molecular flexibility index (Phi) is 10.2. The topological polar surface area (TPSA) is 0 Å². The molecule has 0 unspecified atom stereocenters. The Morgan fingerprint density at radius 3 is 2.00 bits per heavy atom. The standard InChI is InChI=1S/C19H32/c1-16(2)10-7-12-18(5)14-9-15-19(6)13-8-11-17(3)4/h7,10-12,15-16H,8-9,13-14H2,1-6H3/b10-7?,18-12+,19-15+. The number of allylic oxidation sites excluding steroid dienone is 8. The van der Waals surface area contributed by atoms with Crippen molar-refractivity contribution >= 4 is 0 Å². The summed E-state index contributed by atoms with van der Waals surface area (Å²) in [4.78, 5) is 0. The fourth-order valence-corrected chi connectivity index (χ4v) is 1.76. The van der Waals surface area contributed by atoms with Gasteiger partial charge in [0, 0.05) is 0 Å². The summed E-state index contributed by atoms with van der Waals surface area (Å²) in [6.07, 6.45) is 16.1. The average Bonchev–Trinajstić information content (AvgIpc) is 2.27. The molecule has 0 heterocycles. The largest absolute Gasteiger partial charge is 0.0856 e. The molecule has 19 heavy (non-hydrogen) atoms. The lowest BCUT2D eigenvalue weighted by molar-refractivity contribution is 0.831. The SMILES string of the molecule is CC(C)=CCC/C(C)=C/CC/C(C)=C/C=CC(C)C. The summed E-state index contributed by atoms with van der Waals surface area (Å²) < 4.78 is 0. The van der Waals surface area contributed by atoms with E-state index in [4.69, 9.17) is 0 Å². The molecule has 0 saturated carbocycles. The van der Waals surface area contributed by atoms with E-state index in [0.717, 1.165) is 0 Å². The van der Waals surface area contributed by atoms with E-state index in [2.05, 4.69) is 71.9 Å². The van der Waals surface area contributed by atoms with Crippen molar-refractivity contribution in [2.75, 3.05) is 0 Å². The van der Waals surface area contributed by atoms with Crippen LogP contribution in [-0.4, -0.2) is 0 Å². The minimum Gasteiger partial charge on any atom is -0.0856 e. The molecule has 0 atom stereocenters. The second-order valence-corrected chi connectivity index (χ2v) is 6.05. The summed E-state index contributed by atoms with van der Waals surface area (Å²) in [6, 6.07) is 0. The Morgan fingerprint density at radius 1 is 0.842 bits per heavy atom. The summed E-state index contributed by atoms with van der Waals surface area (Å²) in [6.45, 7) is 13.2. The molecule has 108 valence electrons. The monoisotopic (exact) mass is 260 g/mol. The highest BCUT2D eigenvalue weighted by molar-refractivity contribution is 5.12. The van der Waals surface area contributed by atoms with Gasteiger partial charge in [-0.2, -0.15) is 0 Å². The van der Waals surface area contributed by atoms with Crippen LogP contribution in [0.5, 0.6) is 0 Å². The summed E-state index contributed by atoms with van der Waals surface area (Å²) >= 11 is 0. The first-order valence-corrected chi connectivity index (χ1v) is 7.54. The van der Waals surface area contributed by atoms with Crippen molar-refractivity contribution in [2.24, 2.45) is 5.92 Å². The Labute approximate surface area is 121 Å². The third-order valence-corrected chi connectivity index (χ3v) is 3.00. The summed E-state index contributed by atoms with van der Waals surface area (Å²) in [5.74, 6) is 0.640. The summed E-state index contributed by atoms with van der Waals surface area (Å²) in [7, 11) is 0. The first-order valence-electron chi connectivity index (χ1n) is 7.54. The molecule has 0 amide bonds. The molecule has 0 aliphatic heterocycles. The zero-order valence-corrected chi connectivity index (χ0v) is 13.8. The van der Waals surface area contributed by atoms with Gasteiger partial charge in [-0.05, 0) is 59.3 Å². The van der Waals surface area contributed by atoms with Crippen LogP contribution in [0, 0.1) is 5.92 Å². The second kappa shape index (κ2) is 10.8. The van der Waals surface area contributed by atoms with Crippen LogP contribution in [0.25, 0.3) is 0 Å². The molecule has 0 rings (SSSR count). The Morgan fingerprint density at radius 2 is 1.42 bits per heavy atom. The van der Waals surface area contributed by atoms with E-state index >= 15 is 0 Å². The zero-order chi connectivity index (χ0) is 14.7. The van der Waals surface area contributed by atoms with Crippen molar-refractivity contribution in [3.05, 3.63) is 47.1 Å². The minimum absolute atomic E-state index is 0.640. The molecule has 0 N–H and O–H groups in total. The molecule has 0 heteroatoms. The molecule has 0 aliphatic carbocycles. The van der Waals surface area contributed by atoms with Gasteiger partial charge < -0.3 is 0 Å². The fraction of sp³-hybridized carbons (Fsp3) is 0.579. The van der Waals surface area contributed by atoms with Gasteiger partial charge in [-0.15, -0.1) is 0 Å². The van der Waals surface area contributed by atoms with Crippen molar-refractivity contribution in [3.8, 4) is 0 Å². The normalized spacial score (nSPS) is 13.4. The van der Waals surface area contributed by atoms with E-state index in [0.29, 0.717) is 5.92 Å². The summed E-state index contributed by atoms with van der Waals surface area (Å²) in [5.41, 5.74) is 4.40. The lowest BCUT2D eigenvalue weighted by atomic mass is 10.1. The van der Waals surface area contributed by atoms with Crippen molar-refractivity contribution in [3.63, 3.8) is 0 Å². The van der Waals surface area contributed by atoms with Gasteiger partial charge in [0.25, 0.3) is 0 Å². The van der Waals surface area contributed by atoms with Gasteiger partial charge in [0.1, 0.15) is 0 Å². The van der Waals surface area contributed by atoms with Crippen molar-refractivity contribution in [1.82, 2.24) is 0 Å². The minimum atomic E-state index is 0.640. The Balaban J connectivity index is 3.96. The first-order chi connectivity index (χ1) is 8.91. The van der Waals surface area contributed by atoms with Crippen LogP contribution in [0.2, 0.25) is 0 Å². The van der Waals surface area contributed by atoms with Gasteiger partial charge in [0.05, 0.1) is 0 Å². The van der Waals surface area contributed by atoms with Gasteiger partial charge >= 0.3 is 0 Å². The highest BCUT2D eigenvalue weighted by atomic mass is 14.0. The second-order valence-electron chi connectivity index (χ2n) is 6.05. The lowest BCUT2D eigenvalue weighted by Gasteiger charge is -2.00. The maximum Gasteiger partial charge on any atom is -0.0285 e. The van der Waals surface area contributed by atoms with E-state index in [-0.39, 0.29) is 0 Å². The molecule has 0 nitrogen and oxygen atoms in total. The molecule has 0 aliphatic rings. The molecule has 0 aromatic heterocycles. The van der Waals surface area contributed by atoms with Crippen molar-refractivity contribution < 1.29 is 0 Å². The quantitative estimate of drug-likeness (QED) is 0.340. The molecule has 0 fully saturated rings. The molecule has 0 saturated heterocycles. The smallest absolute Gasteiger partial charge is 0.0285 e. The highest BCUT2D eigenvalue weighted by Crippen LogP contribution is 2.11. The predicted octanol–water partition coefficient (Wildman–Crippen LogP) is 6.62. The van der Waals surface area contributed by atoms with Gasteiger partial charge in [0.15, 0.2) is 0 Å². The molecule has 0 radical (unpaired) electrons. The van der Waals surface area contributed by atoms with E-state index in [1.54, 1.807) is 0 Å². The van der Waals surface area contributed by atoms with Crippen LogP contribution >= 0.6 is 0 Å². The molecule has 0 aromatic rings. The van der Waals surface area contributed by atoms with Crippen LogP contribution in [0.4, 0.5) is 0 Å². The lowest BCUT2D eigenvalue weighted by Crippen LogP contribution is -1.80. The third-order valence-electron chi connectivity index (χ3n) is 3.00. The van der Waals surface area contributed by atoms with Crippen LogP contribution in [0.15, 0.2) is 47.1 Å². The average molecular weight is 260 g/mol. The van der Waals surface area contributed by atoms with E-state index in [9.17, 15) is 0 Å². The Hall–Kier alpha value is -1.04. The van der Waals surface area contributed by atoms with Crippen LogP contribution in [0.1, 0.15) is 67.2 Å². The highest BCUT2D eigenvalue weighted by Gasteiger charge is 1.91. The van der Waals surface area contributed by atoms with Crippen molar-refractivity contribution in [1.29, 1.82) is 0 Å². The zero-order valence-electron chi connectivity index (χ0n) is 13.8. The molecular weight excluding hydrogens is 228 g/mol. The Bertz CT molecular complexity index is 344. The molecular formula is C19H32.